The molecule has 0 aromatic rings. The zero-order valence-electron chi connectivity index (χ0n) is 10.8. The number of unbranched alkanes of at least 4 members (excludes halogenated alkanes) is 8. The molecule has 1 aliphatic heterocycles. The first-order valence-electron chi connectivity index (χ1n) is 7.12. The van der Waals surface area contributed by atoms with Crippen molar-refractivity contribution in [3.05, 3.63) is 0 Å². The molecule has 0 amide bonds. The molecule has 1 unspecified atom stereocenters. The number of carboxylic acids is 1. The van der Waals surface area contributed by atoms with Gasteiger partial charge >= 0.3 is 5.97 Å². The van der Waals surface area contributed by atoms with Crippen LogP contribution >= 0.6 is 0 Å². The fraction of sp³-hybridized carbons (Fsp3) is 0.929. The Hall–Kier alpha value is -0.570. The Balaban J connectivity index is 1.65. The second-order valence-corrected chi connectivity index (χ2v) is 5.07. The van der Waals surface area contributed by atoms with Crippen LogP contribution in [0.5, 0.6) is 0 Å². The molecule has 0 aliphatic carbocycles. The van der Waals surface area contributed by atoms with Crippen molar-refractivity contribution in [3.63, 3.8) is 0 Å². The molecule has 0 saturated carbocycles. The van der Waals surface area contributed by atoms with Crippen LogP contribution in [0.25, 0.3) is 0 Å². The molecule has 1 fully saturated rings. The van der Waals surface area contributed by atoms with Gasteiger partial charge in [-0.25, -0.2) is 0 Å². The van der Waals surface area contributed by atoms with Gasteiger partial charge in [0.25, 0.3) is 0 Å². The van der Waals surface area contributed by atoms with Crippen LogP contribution in [0.2, 0.25) is 0 Å². The van der Waals surface area contributed by atoms with E-state index >= 15 is 0 Å². The molecule has 0 aromatic heterocycles. The lowest BCUT2D eigenvalue weighted by atomic mass is 10.1. The smallest absolute Gasteiger partial charge is 0.303 e. The van der Waals surface area contributed by atoms with Crippen LogP contribution in [0.4, 0.5) is 0 Å². The Morgan fingerprint density at radius 3 is 1.88 bits per heavy atom. The lowest BCUT2D eigenvalue weighted by molar-refractivity contribution is -0.137. The normalized spacial score (nSPS) is 18.2. The minimum atomic E-state index is -0.662. The third-order valence-corrected chi connectivity index (χ3v) is 3.32. The van der Waals surface area contributed by atoms with Crippen LogP contribution in [0.15, 0.2) is 0 Å². The lowest BCUT2D eigenvalue weighted by Gasteiger charge is -2.01. The first-order valence-corrected chi connectivity index (χ1v) is 7.12. The van der Waals surface area contributed by atoms with Gasteiger partial charge in [0.1, 0.15) is 0 Å². The number of hydrogen-bond donors (Lipinski definition) is 1. The number of epoxide rings is 1. The summed E-state index contributed by atoms with van der Waals surface area (Å²) in [6.45, 7) is 0.996. The summed E-state index contributed by atoms with van der Waals surface area (Å²) < 4.78 is 5.17. The van der Waals surface area contributed by atoms with Gasteiger partial charge in [-0.1, -0.05) is 51.4 Å². The van der Waals surface area contributed by atoms with Crippen LogP contribution in [0.1, 0.15) is 70.6 Å². The van der Waals surface area contributed by atoms with E-state index in [-0.39, 0.29) is 0 Å². The molecule has 1 rings (SSSR count). The van der Waals surface area contributed by atoms with Gasteiger partial charge < -0.3 is 9.84 Å². The second-order valence-electron chi connectivity index (χ2n) is 5.07. The highest BCUT2D eigenvalue weighted by atomic mass is 16.6. The molecule has 1 aliphatic rings. The van der Waals surface area contributed by atoms with Gasteiger partial charge in [0.2, 0.25) is 0 Å². The van der Waals surface area contributed by atoms with E-state index in [1.807, 2.05) is 0 Å². The molecule has 3 nitrogen and oxygen atoms in total. The molecule has 0 aromatic carbocycles. The Kier molecular flexibility index (Phi) is 8.06. The maximum Gasteiger partial charge on any atom is 0.303 e. The van der Waals surface area contributed by atoms with Crippen molar-refractivity contribution in [1.29, 1.82) is 0 Å². The van der Waals surface area contributed by atoms with Gasteiger partial charge in [-0.3, -0.25) is 4.79 Å². The highest BCUT2D eigenvalue weighted by molar-refractivity contribution is 5.66. The number of aliphatic carboxylic acids is 1. The SMILES string of the molecule is O=C(O)CCCCCCCCCCCC1CO1. The summed E-state index contributed by atoms with van der Waals surface area (Å²) in [5, 5.41) is 8.47. The van der Waals surface area contributed by atoms with E-state index in [0.29, 0.717) is 12.5 Å². The largest absolute Gasteiger partial charge is 0.481 e. The molecule has 17 heavy (non-hydrogen) atoms. The summed E-state index contributed by atoms with van der Waals surface area (Å²) in [6, 6.07) is 0. The molecule has 0 spiro atoms. The quantitative estimate of drug-likeness (QED) is 0.419. The van der Waals surface area contributed by atoms with Crippen molar-refractivity contribution in [1.82, 2.24) is 0 Å². The molecular formula is C14H26O3. The molecule has 100 valence electrons. The monoisotopic (exact) mass is 242 g/mol. The second kappa shape index (κ2) is 9.46. The molecule has 1 heterocycles. The minimum Gasteiger partial charge on any atom is -0.481 e. The zero-order chi connectivity index (χ0) is 12.3. The minimum absolute atomic E-state index is 0.337. The van der Waals surface area contributed by atoms with E-state index < -0.39 is 5.97 Å². The third kappa shape index (κ3) is 10.3. The Morgan fingerprint density at radius 2 is 1.41 bits per heavy atom. The van der Waals surface area contributed by atoms with Crippen molar-refractivity contribution in [2.75, 3.05) is 6.61 Å². The predicted octanol–water partition coefficient (Wildman–Crippen LogP) is 3.76. The number of carbonyl (C=O) groups is 1. The van der Waals surface area contributed by atoms with E-state index in [4.69, 9.17) is 9.84 Å². The van der Waals surface area contributed by atoms with Crippen LogP contribution in [0.3, 0.4) is 0 Å². The lowest BCUT2D eigenvalue weighted by Crippen LogP contribution is -1.93. The molecular weight excluding hydrogens is 216 g/mol. The highest BCUT2D eigenvalue weighted by Crippen LogP contribution is 2.18. The van der Waals surface area contributed by atoms with Crippen LogP contribution in [-0.4, -0.2) is 23.8 Å². The third-order valence-electron chi connectivity index (χ3n) is 3.32. The van der Waals surface area contributed by atoms with Gasteiger partial charge in [-0.15, -0.1) is 0 Å². The van der Waals surface area contributed by atoms with E-state index in [0.717, 1.165) is 19.4 Å². The van der Waals surface area contributed by atoms with Crippen molar-refractivity contribution in [3.8, 4) is 0 Å². The van der Waals surface area contributed by atoms with E-state index in [1.54, 1.807) is 0 Å². The van der Waals surface area contributed by atoms with Gasteiger partial charge in [0, 0.05) is 6.42 Å². The average molecular weight is 242 g/mol. The molecule has 1 N–H and O–H groups in total. The van der Waals surface area contributed by atoms with Gasteiger partial charge in [0.05, 0.1) is 12.7 Å². The summed E-state index contributed by atoms with van der Waals surface area (Å²) in [6.07, 6.45) is 13.3. The predicted molar refractivity (Wildman–Crippen MR) is 68.2 cm³/mol. The average Bonchev–Trinajstić information content (AvgIpc) is 3.09. The van der Waals surface area contributed by atoms with Gasteiger partial charge in [-0.2, -0.15) is 0 Å². The summed E-state index contributed by atoms with van der Waals surface area (Å²) in [4.78, 5) is 10.3. The van der Waals surface area contributed by atoms with Crippen molar-refractivity contribution >= 4 is 5.97 Å². The topological polar surface area (TPSA) is 49.8 Å². The maximum absolute atomic E-state index is 10.3. The molecule has 3 heteroatoms. The van der Waals surface area contributed by atoms with Crippen molar-refractivity contribution in [2.24, 2.45) is 0 Å². The molecule has 1 saturated heterocycles. The van der Waals surface area contributed by atoms with E-state index in [9.17, 15) is 4.79 Å². The van der Waals surface area contributed by atoms with Crippen LogP contribution in [0, 0.1) is 0 Å². The van der Waals surface area contributed by atoms with E-state index in [2.05, 4.69) is 0 Å². The van der Waals surface area contributed by atoms with Gasteiger partial charge in [-0.05, 0) is 12.8 Å². The Bertz CT molecular complexity index is 200. The first kappa shape index (κ1) is 14.5. The van der Waals surface area contributed by atoms with E-state index in [1.165, 1.54) is 51.4 Å². The zero-order valence-corrected chi connectivity index (χ0v) is 10.8. The number of rotatable bonds is 12. The van der Waals surface area contributed by atoms with Crippen LogP contribution < -0.4 is 0 Å². The molecule has 1 atom stereocenters. The standard InChI is InChI=1S/C14H26O3/c15-14(16)11-9-7-5-3-1-2-4-6-8-10-13-12-17-13/h13H,1-12H2,(H,15,16). The number of hydrogen-bond acceptors (Lipinski definition) is 2. The highest BCUT2D eigenvalue weighted by Gasteiger charge is 2.20. The maximum atomic E-state index is 10.3. The van der Waals surface area contributed by atoms with Crippen LogP contribution in [-0.2, 0) is 9.53 Å². The molecule has 0 radical (unpaired) electrons. The number of carboxylic acid groups (broad SMARTS) is 1. The Labute approximate surface area is 105 Å². The Morgan fingerprint density at radius 1 is 0.941 bits per heavy atom. The molecule has 0 bridgehead atoms. The summed E-state index contributed by atoms with van der Waals surface area (Å²) >= 11 is 0. The summed E-state index contributed by atoms with van der Waals surface area (Å²) in [7, 11) is 0. The summed E-state index contributed by atoms with van der Waals surface area (Å²) in [5.74, 6) is -0.662. The van der Waals surface area contributed by atoms with Crippen molar-refractivity contribution < 1.29 is 14.6 Å². The van der Waals surface area contributed by atoms with Crippen molar-refractivity contribution in [2.45, 2.75) is 76.7 Å². The van der Waals surface area contributed by atoms with Gasteiger partial charge in [0.15, 0.2) is 0 Å². The summed E-state index contributed by atoms with van der Waals surface area (Å²) in [5.41, 5.74) is 0. The first-order chi connectivity index (χ1) is 8.29. The number of ether oxygens (including phenoxy) is 1. The fourth-order valence-corrected chi connectivity index (χ4v) is 2.12. The fourth-order valence-electron chi connectivity index (χ4n) is 2.12.